The van der Waals surface area contributed by atoms with Gasteiger partial charge in [-0.15, -0.1) is 0 Å². The summed E-state index contributed by atoms with van der Waals surface area (Å²) in [6, 6.07) is 0. The SMILES string of the molecule is CC1(C)CC[C@]2(C(=O)O[C@@H]3O[C@H](CO)[C@@H](O)[C@H](O)[C@H]3O)CC[C@]3(C)C(=CC[C@@H]4[C@@]5(C)CC[C@H](O[C@@H]6O[C@H](CO)[C@@H](O)[C@H](O)[C@H]6O[C@@H]6O[C@H](CO)[C@@H](O)[C@H](O)[C@H]6O)[C@@](C)(C=O)[C@@H]5CC[C@]43C)[C@@H]2C1. The lowest BCUT2D eigenvalue weighted by atomic mass is 9.33. The topological polar surface area (TPSA) is 312 Å². The van der Waals surface area contributed by atoms with Crippen LogP contribution in [-0.4, -0.2) is 186 Å². The van der Waals surface area contributed by atoms with Crippen LogP contribution in [0.3, 0.4) is 0 Å². The Hall–Kier alpha value is -1.76. The van der Waals surface area contributed by atoms with Gasteiger partial charge in [0, 0.05) is 0 Å². The summed E-state index contributed by atoms with van der Waals surface area (Å²) in [6.07, 6.45) is -15.3. The Balaban J connectivity index is 1.06. The molecule has 7 fully saturated rings. The summed E-state index contributed by atoms with van der Waals surface area (Å²) < 4.78 is 35.8. The second-order valence-corrected chi connectivity index (χ2v) is 23.1. The molecule has 11 N–H and O–H groups in total. The summed E-state index contributed by atoms with van der Waals surface area (Å²) in [5, 5.41) is 115. The van der Waals surface area contributed by atoms with Crippen molar-refractivity contribution < 1.29 is 94.2 Å². The molecule has 8 aliphatic rings. The van der Waals surface area contributed by atoms with Gasteiger partial charge in [0.1, 0.15) is 79.5 Å². The molecule has 19 heteroatoms. The number of fused-ring (bicyclic) bond motifs is 7. The van der Waals surface area contributed by atoms with Crippen molar-refractivity contribution in [3.63, 3.8) is 0 Å². The van der Waals surface area contributed by atoms with E-state index in [2.05, 4.69) is 40.7 Å². The summed E-state index contributed by atoms with van der Waals surface area (Å²) in [7, 11) is 0. The van der Waals surface area contributed by atoms with E-state index in [1.165, 1.54) is 5.57 Å². The molecule has 3 saturated heterocycles. The lowest BCUT2D eigenvalue weighted by Crippen LogP contribution is -2.67. The van der Waals surface area contributed by atoms with E-state index in [0.717, 1.165) is 19.1 Å². The van der Waals surface area contributed by atoms with Crippen molar-refractivity contribution in [2.45, 2.75) is 204 Å². The molecule has 0 amide bonds. The van der Waals surface area contributed by atoms with Gasteiger partial charge in [-0.3, -0.25) is 4.79 Å². The van der Waals surface area contributed by atoms with Crippen molar-refractivity contribution in [1.82, 2.24) is 0 Å². The minimum absolute atomic E-state index is 0.0989. The van der Waals surface area contributed by atoms with Gasteiger partial charge in [0.25, 0.3) is 0 Å². The number of rotatable bonds is 10. The fourth-order valence-electron chi connectivity index (χ4n) is 14.9. The minimum atomic E-state index is -1.84. The molecule has 19 nitrogen and oxygen atoms in total. The molecule has 0 aromatic carbocycles. The molecule has 8 rings (SSSR count). The van der Waals surface area contributed by atoms with E-state index in [-0.39, 0.29) is 39.4 Å². The molecular formula is C48H76O19. The third-order valence-corrected chi connectivity index (χ3v) is 19.3. The van der Waals surface area contributed by atoms with E-state index in [1.807, 2.05) is 6.92 Å². The van der Waals surface area contributed by atoms with Crippen molar-refractivity contribution in [2.75, 3.05) is 19.8 Å². The number of aliphatic hydroxyl groups is 11. The van der Waals surface area contributed by atoms with Crippen LogP contribution in [0.5, 0.6) is 0 Å². The molecule has 67 heavy (non-hydrogen) atoms. The number of esters is 1. The Labute approximate surface area is 391 Å². The Kier molecular flexibility index (Phi) is 14.1. The van der Waals surface area contributed by atoms with Gasteiger partial charge in [-0.05, 0) is 104 Å². The van der Waals surface area contributed by atoms with Crippen molar-refractivity contribution in [1.29, 1.82) is 0 Å². The number of aldehydes is 1. The first-order chi connectivity index (χ1) is 31.4. The van der Waals surface area contributed by atoms with Crippen molar-refractivity contribution >= 4 is 12.3 Å². The second-order valence-electron chi connectivity index (χ2n) is 23.1. The van der Waals surface area contributed by atoms with Gasteiger partial charge in [-0.25, -0.2) is 0 Å². The zero-order valence-electron chi connectivity index (χ0n) is 39.5. The molecule has 0 bridgehead atoms. The van der Waals surface area contributed by atoms with Gasteiger partial charge >= 0.3 is 5.97 Å². The molecule has 4 saturated carbocycles. The van der Waals surface area contributed by atoms with Crippen LogP contribution in [-0.2, 0) is 38.0 Å². The van der Waals surface area contributed by atoms with Crippen LogP contribution in [0.4, 0.5) is 0 Å². The predicted octanol–water partition coefficient (Wildman–Crippen LogP) is -0.680. The van der Waals surface area contributed by atoms with E-state index < -0.39 is 135 Å². The molecule has 0 spiro atoms. The van der Waals surface area contributed by atoms with Crippen LogP contribution < -0.4 is 0 Å². The van der Waals surface area contributed by atoms with Gasteiger partial charge in [0.05, 0.1) is 36.8 Å². The summed E-state index contributed by atoms with van der Waals surface area (Å²) in [5.41, 5.74) is -1.98. The van der Waals surface area contributed by atoms with E-state index in [1.54, 1.807) is 0 Å². The highest BCUT2D eigenvalue weighted by atomic mass is 16.8. The quantitative estimate of drug-likeness (QED) is 0.0559. The zero-order chi connectivity index (χ0) is 49.0. The maximum Gasteiger partial charge on any atom is 0.315 e. The number of ether oxygens (including phenoxy) is 6. The molecule has 5 aliphatic carbocycles. The normalized spacial score (nSPS) is 54.0. The highest BCUT2D eigenvalue weighted by Crippen LogP contribution is 2.76. The minimum Gasteiger partial charge on any atom is -0.432 e. The number of aliphatic hydroxyl groups excluding tert-OH is 11. The van der Waals surface area contributed by atoms with Crippen LogP contribution in [0.15, 0.2) is 11.6 Å². The molecule has 3 aliphatic heterocycles. The Morgan fingerprint density at radius 2 is 1.19 bits per heavy atom. The first kappa shape index (κ1) is 51.6. The van der Waals surface area contributed by atoms with Crippen LogP contribution in [0.1, 0.15) is 106 Å². The van der Waals surface area contributed by atoms with Gasteiger partial charge < -0.3 is 89.4 Å². The first-order valence-corrected chi connectivity index (χ1v) is 24.3. The fraction of sp³-hybridized carbons (Fsp3) is 0.917. The van der Waals surface area contributed by atoms with E-state index >= 15 is 0 Å². The highest BCUT2D eigenvalue weighted by Gasteiger charge is 2.71. The molecule has 0 aromatic heterocycles. The third kappa shape index (κ3) is 8.01. The first-order valence-electron chi connectivity index (χ1n) is 24.3. The number of carbonyl (C=O) groups excluding carboxylic acids is 2. The van der Waals surface area contributed by atoms with E-state index in [4.69, 9.17) is 28.4 Å². The monoisotopic (exact) mass is 956 g/mol. The molecule has 0 radical (unpaired) electrons. The van der Waals surface area contributed by atoms with Gasteiger partial charge in [-0.1, -0.05) is 53.2 Å². The fourth-order valence-corrected chi connectivity index (χ4v) is 14.9. The van der Waals surface area contributed by atoms with Gasteiger partial charge in [0.15, 0.2) is 12.6 Å². The van der Waals surface area contributed by atoms with Gasteiger partial charge in [-0.2, -0.15) is 0 Å². The van der Waals surface area contributed by atoms with Crippen LogP contribution in [0.2, 0.25) is 0 Å². The number of hydrogen-bond acceptors (Lipinski definition) is 19. The lowest BCUT2D eigenvalue weighted by Gasteiger charge is -2.71. The summed E-state index contributed by atoms with van der Waals surface area (Å²) >= 11 is 0. The van der Waals surface area contributed by atoms with Crippen molar-refractivity contribution in [3.8, 4) is 0 Å². The molecule has 0 unspecified atom stereocenters. The molecule has 382 valence electrons. The van der Waals surface area contributed by atoms with Crippen LogP contribution in [0.25, 0.3) is 0 Å². The maximum absolute atomic E-state index is 14.7. The van der Waals surface area contributed by atoms with Crippen LogP contribution >= 0.6 is 0 Å². The maximum atomic E-state index is 14.7. The highest BCUT2D eigenvalue weighted by molar-refractivity contribution is 5.79. The Morgan fingerprint density at radius 1 is 0.642 bits per heavy atom. The average Bonchev–Trinajstić information content (AvgIpc) is 3.29. The Morgan fingerprint density at radius 3 is 1.79 bits per heavy atom. The Bertz CT molecular complexity index is 1850. The second kappa shape index (κ2) is 18.4. The number of hydrogen-bond donors (Lipinski definition) is 11. The number of allylic oxidation sites excluding steroid dienone is 2. The van der Waals surface area contributed by atoms with Crippen molar-refractivity contribution in [3.05, 3.63) is 11.6 Å². The summed E-state index contributed by atoms with van der Waals surface area (Å²) in [5.74, 6) is -0.833. The smallest absolute Gasteiger partial charge is 0.315 e. The van der Waals surface area contributed by atoms with Crippen molar-refractivity contribution in [2.24, 2.45) is 50.2 Å². The summed E-state index contributed by atoms with van der Waals surface area (Å²) in [4.78, 5) is 28.4. The third-order valence-electron chi connectivity index (χ3n) is 19.3. The zero-order valence-corrected chi connectivity index (χ0v) is 39.5. The average molecular weight is 957 g/mol. The largest absolute Gasteiger partial charge is 0.432 e. The van der Waals surface area contributed by atoms with Gasteiger partial charge in [0.2, 0.25) is 6.29 Å². The summed E-state index contributed by atoms with van der Waals surface area (Å²) in [6.45, 7) is 11.2. The van der Waals surface area contributed by atoms with E-state index in [9.17, 15) is 65.8 Å². The van der Waals surface area contributed by atoms with E-state index in [0.29, 0.717) is 51.4 Å². The molecule has 0 aromatic rings. The number of carbonyl (C=O) groups is 2. The molecule has 3 heterocycles. The van der Waals surface area contributed by atoms with Crippen LogP contribution in [0, 0.1) is 50.2 Å². The molecular weight excluding hydrogens is 881 g/mol. The standard InChI is InChI=1S/C48H76O19/c1-43(2)13-15-48(42(61)67-40-37(60)34(57)31(54)25(19-50)63-40)16-14-46(5)22(23(48)17-43)7-8-28-44(3)11-10-29(45(4,21-52)27(44)9-12-47(28,46)6)65-41-38(35(58)32(55)26(20-51)64-41)66-39-36(59)33(56)30(53)24(18-49)62-39/h7,21,23-41,49-51,53-60H,8-20H2,1-6H3/t23-,24+,25+,26+,27+,28+,29-,30+,31+,32+,33-,34-,35-,36+,37+,38+,39-,40-,41-,44-,45-,46+,47+,48-/m0/s1. The molecule has 24 atom stereocenters. The lowest BCUT2D eigenvalue weighted by molar-refractivity contribution is -0.377. The predicted molar refractivity (Wildman–Crippen MR) is 231 cm³/mol.